The highest BCUT2D eigenvalue weighted by Gasteiger charge is 2.46. The predicted molar refractivity (Wildman–Crippen MR) is 128 cm³/mol. The highest BCUT2D eigenvalue weighted by Crippen LogP contribution is 2.30. The van der Waals surface area contributed by atoms with Gasteiger partial charge in [-0.2, -0.15) is 0 Å². The van der Waals surface area contributed by atoms with Gasteiger partial charge >= 0.3 is 12.1 Å². The van der Waals surface area contributed by atoms with Crippen LogP contribution in [0.25, 0.3) is 17.0 Å². The molecule has 0 radical (unpaired) electrons. The number of pyridine rings is 1. The van der Waals surface area contributed by atoms with E-state index in [4.69, 9.17) is 14.2 Å². The van der Waals surface area contributed by atoms with Gasteiger partial charge in [-0.25, -0.2) is 14.7 Å². The Bertz CT molecular complexity index is 1110. The Hall–Kier alpha value is -3.26. The van der Waals surface area contributed by atoms with E-state index in [-0.39, 0.29) is 37.0 Å². The van der Waals surface area contributed by atoms with Gasteiger partial charge in [0.15, 0.2) is 0 Å². The van der Waals surface area contributed by atoms with Crippen molar-refractivity contribution in [3.8, 4) is 0 Å². The summed E-state index contributed by atoms with van der Waals surface area (Å²) >= 11 is 0. The number of benzene rings is 1. The standard InChI is InChI=1S/C26H32N2O6/c1-16(2)23-14-33-25(31)28(23)24(30)26(5,15-32-6)12-11-19-7-8-20-9-10-21(27-22(20)13-19)17(3)34-18(4)29/h7-13,16-17,23H,14-15H2,1-6H3/b12-11+/t17-,23+,26-/m1/s1. The van der Waals surface area contributed by atoms with Gasteiger partial charge in [0.25, 0.3) is 0 Å². The number of nitrogens with zero attached hydrogens (tertiary/aromatic N) is 2. The second-order valence-electron chi connectivity index (χ2n) is 9.19. The van der Waals surface area contributed by atoms with E-state index in [1.54, 1.807) is 19.9 Å². The van der Waals surface area contributed by atoms with E-state index in [0.29, 0.717) is 5.69 Å². The molecule has 1 aromatic carbocycles. The van der Waals surface area contributed by atoms with Crippen molar-refractivity contribution in [1.82, 2.24) is 9.88 Å². The van der Waals surface area contributed by atoms with Crippen molar-refractivity contribution < 1.29 is 28.6 Å². The van der Waals surface area contributed by atoms with Gasteiger partial charge in [-0.3, -0.25) is 9.59 Å². The lowest BCUT2D eigenvalue weighted by atomic mass is 9.87. The van der Waals surface area contributed by atoms with Crippen LogP contribution in [0.4, 0.5) is 4.79 Å². The molecule has 1 saturated heterocycles. The summed E-state index contributed by atoms with van der Waals surface area (Å²) in [4.78, 5) is 42.9. The van der Waals surface area contributed by atoms with E-state index in [2.05, 4.69) is 4.98 Å². The van der Waals surface area contributed by atoms with Gasteiger partial charge in [0.1, 0.15) is 12.7 Å². The van der Waals surface area contributed by atoms with Crippen molar-refractivity contribution in [2.45, 2.75) is 46.8 Å². The number of carbonyl (C=O) groups excluding carboxylic acids is 3. The van der Waals surface area contributed by atoms with Crippen molar-refractivity contribution in [3.63, 3.8) is 0 Å². The Morgan fingerprint density at radius 1 is 1.26 bits per heavy atom. The van der Waals surface area contributed by atoms with Gasteiger partial charge in [-0.05, 0) is 37.5 Å². The summed E-state index contributed by atoms with van der Waals surface area (Å²) in [5.74, 6) is -0.653. The molecule has 0 unspecified atom stereocenters. The maximum atomic E-state index is 13.5. The SMILES string of the molecule is COC[C@@](C)(/C=C/c1ccc2ccc([C@@H](C)OC(C)=O)nc2c1)C(=O)N1C(=O)OC[C@H]1C(C)C. The Balaban J connectivity index is 1.90. The molecular weight excluding hydrogens is 436 g/mol. The molecule has 0 bridgehead atoms. The van der Waals surface area contributed by atoms with Crippen molar-refractivity contribution in [3.05, 3.63) is 47.7 Å². The molecule has 3 rings (SSSR count). The zero-order valence-corrected chi connectivity index (χ0v) is 20.5. The molecule has 0 N–H and O–H groups in total. The maximum absolute atomic E-state index is 13.5. The van der Waals surface area contributed by atoms with Crippen molar-refractivity contribution in [2.24, 2.45) is 11.3 Å². The van der Waals surface area contributed by atoms with E-state index >= 15 is 0 Å². The lowest BCUT2D eigenvalue weighted by molar-refractivity contribution is -0.146. The smallest absolute Gasteiger partial charge is 0.417 e. The van der Waals surface area contributed by atoms with Gasteiger partial charge in [-0.1, -0.05) is 44.2 Å². The minimum absolute atomic E-state index is 0.0707. The molecule has 2 heterocycles. The highest BCUT2D eigenvalue weighted by molar-refractivity contribution is 5.98. The number of hydrogen-bond acceptors (Lipinski definition) is 7. The molecule has 2 amide bonds. The summed E-state index contributed by atoms with van der Waals surface area (Å²) < 4.78 is 15.7. The van der Waals surface area contributed by atoms with Gasteiger partial charge in [0.2, 0.25) is 5.91 Å². The third-order valence-electron chi connectivity index (χ3n) is 5.97. The number of rotatable bonds is 8. The Morgan fingerprint density at radius 3 is 2.62 bits per heavy atom. The average Bonchev–Trinajstić information content (AvgIpc) is 3.17. The van der Waals surface area contributed by atoms with Crippen LogP contribution in [0.15, 0.2) is 36.4 Å². The fourth-order valence-electron chi connectivity index (χ4n) is 3.99. The van der Waals surface area contributed by atoms with Crippen LogP contribution in [0.5, 0.6) is 0 Å². The van der Waals surface area contributed by atoms with Gasteiger partial charge in [0, 0.05) is 19.4 Å². The zero-order chi connectivity index (χ0) is 25.0. The van der Waals surface area contributed by atoms with E-state index in [1.807, 2.05) is 50.3 Å². The normalized spacial score (nSPS) is 18.9. The van der Waals surface area contributed by atoms with E-state index < -0.39 is 17.6 Å². The van der Waals surface area contributed by atoms with Crippen LogP contribution in [0.1, 0.15) is 52.0 Å². The molecule has 182 valence electrons. The number of esters is 1. The number of imide groups is 1. The Morgan fingerprint density at radius 2 is 1.97 bits per heavy atom. The molecule has 8 heteroatoms. The molecule has 2 aromatic rings. The summed E-state index contributed by atoms with van der Waals surface area (Å²) in [5, 5.41) is 0.936. The third-order valence-corrected chi connectivity index (χ3v) is 5.97. The quantitative estimate of drug-likeness (QED) is 0.525. The molecule has 0 aliphatic carbocycles. The number of fused-ring (bicyclic) bond motifs is 1. The monoisotopic (exact) mass is 468 g/mol. The van der Waals surface area contributed by atoms with Crippen LogP contribution in [0, 0.1) is 11.3 Å². The lowest BCUT2D eigenvalue weighted by Crippen LogP contribution is -2.49. The second-order valence-corrected chi connectivity index (χ2v) is 9.19. The lowest BCUT2D eigenvalue weighted by Gasteiger charge is -2.31. The van der Waals surface area contributed by atoms with Crippen molar-refractivity contribution in [1.29, 1.82) is 0 Å². The molecule has 8 nitrogen and oxygen atoms in total. The first-order chi connectivity index (χ1) is 16.1. The van der Waals surface area contributed by atoms with Crippen molar-refractivity contribution >= 4 is 34.9 Å². The van der Waals surface area contributed by atoms with E-state index in [1.165, 1.54) is 18.9 Å². The van der Waals surface area contributed by atoms with Gasteiger partial charge < -0.3 is 14.2 Å². The minimum atomic E-state index is -1.07. The van der Waals surface area contributed by atoms with E-state index in [0.717, 1.165) is 16.5 Å². The maximum Gasteiger partial charge on any atom is 0.417 e. The Labute approximate surface area is 199 Å². The number of carbonyl (C=O) groups is 3. The molecule has 0 saturated carbocycles. The largest absolute Gasteiger partial charge is 0.456 e. The number of ether oxygens (including phenoxy) is 3. The Kier molecular flexibility index (Phi) is 7.71. The number of hydrogen-bond donors (Lipinski definition) is 0. The summed E-state index contributed by atoms with van der Waals surface area (Å²) in [6, 6.07) is 9.20. The number of cyclic esters (lactones) is 1. The molecule has 0 spiro atoms. The van der Waals surface area contributed by atoms with Crippen LogP contribution in [-0.2, 0) is 23.8 Å². The minimum Gasteiger partial charge on any atom is -0.456 e. The molecule has 1 aromatic heterocycles. The third kappa shape index (κ3) is 5.44. The predicted octanol–water partition coefficient (Wildman–Crippen LogP) is 4.53. The van der Waals surface area contributed by atoms with E-state index in [9.17, 15) is 14.4 Å². The zero-order valence-electron chi connectivity index (χ0n) is 20.5. The molecule has 3 atom stereocenters. The molecule has 1 aliphatic heterocycles. The first kappa shape index (κ1) is 25.4. The fraction of sp³-hybridized carbons (Fsp3) is 0.462. The number of methoxy groups -OCH3 is 1. The summed E-state index contributed by atoms with van der Waals surface area (Å²) in [7, 11) is 1.52. The molecule has 1 fully saturated rings. The van der Waals surface area contributed by atoms with Gasteiger partial charge in [-0.15, -0.1) is 0 Å². The summed E-state index contributed by atoms with van der Waals surface area (Å²) in [6.45, 7) is 9.09. The molecule has 1 aliphatic rings. The summed E-state index contributed by atoms with van der Waals surface area (Å²) in [5.41, 5.74) is 1.15. The summed E-state index contributed by atoms with van der Waals surface area (Å²) in [6.07, 6.45) is 2.50. The first-order valence-corrected chi connectivity index (χ1v) is 11.3. The number of aromatic nitrogens is 1. The van der Waals surface area contributed by atoms with Crippen LogP contribution >= 0.6 is 0 Å². The highest BCUT2D eigenvalue weighted by atomic mass is 16.6. The van der Waals surface area contributed by atoms with Crippen LogP contribution in [0.3, 0.4) is 0 Å². The number of amides is 2. The van der Waals surface area contributed by atoms with Crippen LogP contribution < -0.4 is 0 Å². The van der Waals surface area contributed by atoms with Crippen LogP contribution in [0.2, 0.25) is 0 Å². The average molecular weight is 469 g/mol. The van der Waals surface area contributed by atoms with Crippen LogP contribution in [-0.4, -0.2) is 54.2 Å². The molecular formula is C26H32N2O6. The second kappa shape index (κ2) is 10.3. The van der Waals surface area contributed by atoms with Gasteiger partial charge in [0.05, 0.1) is 29.3 Å². The van der Waals surface area contributed by atoms with Crippen molar-refractivity contribution in [2.75, 3.05) is 20.3 Å². The fourth-order valence-corrected chi connectivity index (χ4v) is 3.99. The topological polar surface area (TPSA) is 95.0 Å². The first-order valence-electron chi connectivity index (χ1n) is 11.3. The molecule has 34 heavy (non-hydrogen) atoms.